The van der Waals surface area contributed by atoms with E-state index in [1.165, 1.54) is 6.92 Å². The first-order valence-corrected chi connectivity index (χ1v) is 9.44. The van der Waals surface area contributed by atoms with E-state index in [9.17, 15) is 21.6 Å². The van der Waals surface area contributed by atoms with E-state index in [4.69, 9.17) is 4.74 Å². The van der Waals surface area contributed by atoms with Gasteiger partial charge in [0, 0.05) is 12.3 Å². The molecule has 0 saturated heterocycles. The summed E-state index contributed by atoms with van der Waals surface area (Å²) in [5, 5.41) is 5.25. The molecule has 0 aromatic carbocycles. The molecule has 0 aliphatic rings. The molecule has 0 spiro atoms. The third kappa shape index (κ3) is 4.79. The second-order valence-corrected chi connectivity index (χ2v) is 8.14. The Balaban J connectivity index is 2.85. The van der Waals surface area contributed by atoms with E-state index in [1.54, 1.807) is 6.92 Å². The highest BCUT2D eigenvalue weighted by Gasteiger charge is 2.26. The van der Waals surface area contributed by atoms with Gasteiger partial charge in [-0.15, -0.1) is 0 Å². The van der Waals surface area contributed by atoms with E-state index >= 15 is 0 Å². The van der Waals surface area contributed by atoms with Crippen molar-refractivity contribution in [1.29, 1.82) is 0 Å². The first-order chi connectivity index (χ1) is 9.73. The van der Waals surface area contributed by atoms with Gasteiger partial charge in [0.1, 0.15) is 5.56 Å². The molecule has 0 fully saturated rings. The van der Waals surface area contributed by atoms with Crippen LogP contribution >= 0.6 is 0 Å². The number of hydrogen-bond donors (Lipinski definition) is 2. The average molecular weight is 339 g/mol. The fraction of sp³-hybridized carbons (Fsp3) is 0.600. The minimum absolute atomic E-state index is 0.0765. The standard InChI is InChI=1S/C10H17N3O6S2/c1-3-19-10(14)8-7-11-13-9(8)21(17,18)12-5-6-20(15,16)4-2/h7,12H,3-6H2,1-2H3,(H,11,13). The summed E-state index contributed by atoms with van der Waals surface area (Å²) >= 11 is 0. The van der Waals surface area contributed by atoms with Gasteiger partial charge in [0.2, 0.25) is 0 Å². The topological polar surface area (TPSA) is 135 Å². The first kappa shape index (κ1) is 17.6. The number of sulfone groups is 1. The van der Waals surface area contributed by atoms with E-state index in [2.05, 4.69) is 14.9 Å². The Kier molecular flexibility index (Phi) is 5.87. The normalized spacial score (nSPS) is 12.3. The molecule has 0 amide bonds. The maximum atomic E-state index is 12.0. The lowest BCUT2D eigenvalue weighted by molar-refractivity contribution is 0.0522. The van der Waals surface area contributed by atoms with Crippen LogP contribution in [0.3, 0.4) is 0 Å². The number of carbonyl (C=O) groups is 1. The van der Waals surface area contributed by atoms with Crippen molar-refractivity contribution >= 4 is 25.8 Å². The van der Waals surface area contributed by atoms with Gasteiger partial charge < -0.3 is 4.74 Å². The van der Waals surface area contributed by atoms with Crippen LogP contribution in [0.5, 0.6) is 0 Å². The van der Waals surface area contributed by atoms with Crippen LogP contribution in [0.2, 0.25) is 0 Å². The number of hydrogen-bond acceptors (Lipinski definition) is 7. The molecule has 21 heavy (non-hydrogen) atoms. The Bertz CT molecular complexity index is 692. The molecule has 1 heterocycles. The summed E-state index contributed by atoms with van der Waals surface area (Å²) in [5.41, 5.74) is -0.234. The summed E-state index contributed by atoms with van der Waals surface area (Å²) in [4.78, 5) is 11.6. The lowest BCUT2D eigenvalue weighted by Gasteiger charge is -2.07. The largest absolute Gasteiger partial charge is 0.462 e. The van der Waals surface area contributed by atoms with Crippen molar-refractivity contribution in [2.75, 3.05) is 24.7 Å². The summed E-state index contributed by atoms with van der Waals surface area (Å²) < 4.78 is 53.4. The highest BCUT2D eigenvalue weighted by atomic mass is 32.2. The van der Waals surface area contributed by atoms with Crippen LogP contribution < -0.4 is 4.72 Å². The van der Waals surface area contributed by atoms with Crippen molar-refractivity contribution in [3.05, 3.63) is 11.8 Å². The number of sulfonamides is 1. The van der Waals surface area contributed by atoms with Gasteiger partial charge in [-0.1, -0.05) is 6.92 Å². The van der Waals surface area contributed by atoms with Crippen molar-refractivity contribution in [3.63, 3.8) is 0 Å². The lowest BCUT2D eigenvalue weighted by atomic mass is 10.4. The van der Waals surface area contributed by atoms with Gasteiger partial charge in [-0.3, -0.25) is 5.10 Å². The van der Waals surface area contributed by atoms with Crippen LogP contribution in [0.1, 0.15) is 24.2 Å². The smallest absolute Gasteiger partial charge is 0.342 e. The fourth-order valence-electron chi connectivity index (χ4n) is 1.38. The Labute approximate surface area is 123 Å². The second kappa shape index (κ2) is 7.00. The molecule has 11 heteroatoms. The number of H-pyrrole nitrogens is 1. The molecule has 9 nitrogen and oxygen atoms in total. The van der Waals surface area contributed by atoms with Crippen LogP contribution in [0.25, 0.3) is 0 Å². The highest BCUT2D eigenvalue weighted by Crippen LogP contribution is 2.12. The van der Waals surface area contributed by atoms with Crippen molar-refractivity contribution in [1.82, 2.24) is 14.9 Å². The minimum Gasteiger partial charge on any atom is -0.462 e. The quantitative estimate of drug-likeness (QED) is 0.598. The van der Waals surface area contributed by atoms with Crippen LogP contribution in [0.4, 0.5) is 0 Å². The van der Waals surface area contributed by atoms with Gasteiger partial charge >= 0.3 is 5.97 Å². The van der Waals surface area contributed by atoms with E-state index in [0.29, 0.717) is 0 Å². The van der Waals surface area contributed by atoms with Crippen molar-refractivity contribution in [2.24, 2.45) is 0 Å². The van der Waals surface area contributed by atoms with Gasteiger partial charge in [0.15, 0.2) is 14.9 Å². The van der Waals surface area contributed by atoms with Crippen LogP contribution in [-0.4, -0.2) is 57.7 Å². The Morgan fingerprint density at radius 1 is 1.33 bits per heavy atom. The Hall–Kier alpha value is -1.46. The van der Waals surface area contributed by atoms with Gasteiger partial charge in [-0.25, -0.2) is 26.4 Å². The molecular weight excluding hydrogens is 322 g/mol. The number of nitrogens with zero attached hydrogens (tertiary/aromatic N) is 1. The molecule has 2 N–H and O–H groups in total. The number of nitrogens with one attached hydrogen (secondary N) is 2. The van der Waals surface area contributed by atoms with Crippen LogP contribution in [0.15, 0.2) is 11.2 Å². The van der Waals surface area contributed by atoms with Gasteiger partial charge in [0.05, 0.1) is 18.6 Å². The van der Waals surface area contributed by atoms with Crippen LogP contribution in [0, 0.1) is 0 Å². The van der Waals surface area contributed by atoms with Crippen LogP contribution in [-0.2, 0) is 24.6 Å². The predicted octanol–water partition coefficient (Wildman–Crippen LogP) is -0.701. The molecule has 0 bridgehead atoms. The zero-order valence-electron chi connectivity index (χ0n) is 11.6. The zero-order chi connectivity index (χ0) is 16.1. The maximum absolute atomic E-state index is 12.0. The monoisotopic (exact) mass is 339 g/mol. The van der Waals surface area contributed by atoms with Crippen molar-refractivity contribution in [2.45, 2.75) is 18.9 Å². The summed E-state index contributed by atoms with van der Waals surface area (Å²) in [5.74, 6) is -1.23. The molecule has 0 radical (unpaired) electrons. The van der Waals surface area contributed by atoms with Gasteiger partial charge in [-0.05, 0) is 6.92 Å². The molecular formula is C10H17N3O6S2. The van der Waals surface area contributed by atoms with E-state index in [0.717, 1.165) is 6.20 Å². The minimum atomic E-state index is -4.07. The van der Waals surface area contributed by atoms with E-state index < -0.39 is 30.9 Å². The molecule has 0 unspecified atom stereocenters. The van der Waals surface area contributed by atoms with E-state index in [-0.39, 0.29) is 30.2 Å². The third-order valence-electron chi connectivity index (χ3n) is 2.51. The Morgan fingerprint density at radius 2 is 2.00 bits per heavy atom. The summed E-state index contributed by atoms with van der Waals surface area (Å²) in [6, 6.07) is 0. The third-order valence-corrected chi connectivity index (χ3v) is 5.65. The van der Waals surface area contributed by atoms with Crippen molar-refractivity contribution < 1.29 is 26.4 Å². The molecule has 0 atom stereocenters. The maximum Gasteiger partial charge on any atom is 0.342 e. The number of aromatic nitrogens is 2. The molecule has 1 aromatic rings. The number of aromatic amines is 1. The predicted molar refractivity (Wildman–Crippen MR) is 74.1 cm³/mol. The van der Waals surface area contributed by atoms with Gasteiger partial charge in [-0.2, -0.15) is 5.10 Å². The SMILES string of the molecule is CCOC(=O)c1cn[nH]c1S(=O)(=O)NCCS(=O)(=O)CC. The van der Waals surface area contributed by atoms with E-state index in [1.807, 2.05) is 0 Å². The van der Waals surface area contributed by atoms with Gasteiger partial charge in [0.25, 0.3) is 10.0 Å². The summed E-state index contributed by atoms with van der Waals surface area (Å²) in [6.45, 7) is 2.85. The molecule has 1 rings (SSSR count). The molecule has 0 aliphatic carbocycles. The average Bonchev–Trinajstić information content (AvgIpc) is 2.88. The number of ether oxygens (including phenoxy) is 1. The number of esters is 1. The summed E-state index contributed by atoms with van der Waals surface area (Å²) in [6.07, 6.45) is 1.04. The molecule has 0 saturated carbocycles. The second-order valence-electron chi connectivity index (χ2n) is 3.97. The molecule has 1 aromatic heterocycles. The molecule has 120 valence electrons. The Morgan fingerprint density at radius 3 is 2.57 bits per heavy atom. The fourth-order valence-corrected chi connectivity index (χ4v) is 3.33. The first-order valence-electron chi connectivity index (χ1n) is 6.14. The van der Waals surface area contributed by atoms with Crippen molar-refractivity contribution in [3.8, 4) is 0 Å². The molecule has 0 aliphatic heterocycles. The number of rotatable bonds is 8. The zero-order valence-corrected chi connectivity index (χ0v) is 13.3. The highest BCUT2D eigenvalue weighted by molar-refractivity contribution is 7.91. The lowest BCUT2D eigenvalue weighted by Crippen LogP contribution is -2.31. The number of carbonyl (C=O) groups excluding carboxylic acids is 1. The summed E-state index contributed by atoms with van der Waals surface area (Å²) in [7, 11) is -7.37.